The van der Waals surface area contributed by atoms with Crippen molar-refractivity contribution < 1.29 is 5.11 Å². The third-order valence-corrected chi connectivity index (χ3v) is 3.63. The molecule has 0 spiro atoms. The van der Waals surface area contributed by atoms with Gasteiger partial charge in [-0.25, -0.2) is 0 Å². The van der Waals surface area contributed by atoms with Gasteiger partial charge in [0, 0.05) is 5.39 Å². The van der Waals surface area contributed by atoms with Crippen LogP contribution in [0.4, 0.5) is 0 Å². The summed E-state index contributed by atoms with van der Waals surface area (Å²) in [6, 6.07) is 9.99. The van der Waals surface area contributed by atoms with Crippen LogP contribution in [0.2, 0.25) is 0 Å². The van der Waals surface area contributed by atoms with Gasteiger partial charge in [-0.15, -0.1) is 0 Å². The van der Waals surface area contributed by atoms with Crippen LogP contribution in [0.25, 0.3) is 10.8 Å². The molecule has 2 nitrogen and oxygen atoms in total. The molecule has 1 aliphatic carbocycles. The molecule has 17 heavy (non-hydrogen) atoms. The summed E-state index contributed by atoms with van der Waals surface area (Å²) >= 11 is 0. The smallest absolute Gasteiger partial charge is 0.141 e. The Balaban J connectivity index is 2.48. The van der Waals surface area contributed by atoms with Gasteiger partial charge in [-0.3, -0.25) is 0 Å². The van der Waals surface area contributed by atoms with Gasteiger partial charge in [0.05, 0.1) is 5.56 Å². The largest absolute Gasteiger partial charge is 0.506 e. The number of hydrogen-bond donors (Lipinski definition) is 1. The van der Waals surface area contributed by atoms with E-state index >= 15 is 0 Å². The minimum Gasteiger partial charge on any atom is -0.506 e. The lowest BCUT2D eigenvalue weighted by atomic mass is 9.84. The summed E-state index contributed by atoms with van der Waals surface area (Å²) in [5, 5.41) is 21.3. The molecule has 1 N–H and O–H groups in total. The molecule has 2 aromatic carbocycles. The molecule has 0 unspecified atom stereocenters. The summed E-state index contributed by atoms with van der Waals surface area (Å²) in [5.74, 6) is 0.156. The van der Waals surface area contributed by atoms with Crippen molar-refractivity contribution in [1.29, 1.82) is 5.26 Å². The first kappa shape index (κ1) is 10.2. The number of phenols is 1. The van der Waals surface area contributed by atoms with E-state index in [9.17, 15) is 10.4 Å². The van der Waals surface area contributed by atoms with Crippen LogP contribution in [-0.4, -0.2) is 5.11 Å². The van der Waals surface area contributed by atoms with Crippen molar-refractivity contribution in [3.63, 3.8) is 0 Å². The van der Waals surface area contributed by atoms with Gasteiger partial charge >= 0.3 is 0 Å². The Labute approximate surface area is 100 Å². The van der Waals surface area contributed by atoms with Crippen LogP contribution in [0.3, 0.4) is 0 Å². The summed E-state index contributed by atoms with van der Waals surface area (Å²) in [6.07, 6.45) is 4.22. The molecule has 2 aromatic rings. The molecule has 0 bridgehead atoms. The lowest BCUT2D eigenvalue weighted by Gasteiger charge is -2.20. The third-order valence-electron chi connectivity index (χ3n) is 3.63. The van der Waals surface area contributed by atoms with Gasteiger partial charge in [0.2, 0.25) is 0 Å². The summed E-state index contributed by atoms with van der Waals surface area (Å²) in [6.45, 7) is 0. The lowest BCUT2D eigenvalue weighted by Crippen LogP contribution is -2.06. The molecule has 0 fully saturated rings. The van der Waals surface area contributed by atoms with Gasteiger partial charge in [-0.05, 0) is 42.2 Å². The average molecular weight is 223 g/mol. The minimum atomic E-state index is 0.156. The lowest BCUT2D eigenvalue weighted by molar-refractivity contribution is 0.478. The maximum Gasteiger partial charge on any atom is 0.141 e. The monoisotopic (exact) mass is 223 g/mol. The Morgan fingerprint density at radius 2 is 1.65 bits per heavy atom. The van der Waals surface area contributed by atoms with Crippen LogP contribution in [0.15, 0.2) is 24.3 Å². The molecule has 0 atom stereocenters. The highest BCUT2D eigenvalue weighted by Gasteiger charge is 2.20. The van der Waals surface area contributed by atoms with Crippen molar-refractivity contribution >= 4 is 10.8 Å². The number of nitriles is 1. The van der Waals surface area contributed by atoms with Crippen LogP contribution < -0.4 is 0 Å². The first-order chi connectivity index (χ1) is 8.33. The van der Waals surface area contributed by atoms with Crippen LogP contribution in [0.5, 0.6) is 5.75 Å². The number of rotatable bonds is 0. The molecule has 0 amide bonds. The summed E-state index contributed by atoms with van der Waals surface area (Å²) in [7, 11) is 0. The predicted octanol–water partition coefficient (Wildman–Crippen LogP) is 3.30. The SMILES string of the molecule is N#Cc1c2c(c3ccccc3c1O)CCCC2. The number of nitrogens with zero attached hydrogens (tertiary/aromatic N) is 1. The Morgan fingerprint density at radius 3 is 2.35 bits per heavy atom. The zero-order valence-corrected chi connectivity index (χ0v) is 9.53. The zero-order valence-electron chi connectivity index (χ0n) is 9.53. The first-order valence-corrected chi connectivity index (χ1v) is 5.98. The molecule has 2 heteroatoms. The molecule has 0 radical (unpaired) electrons. The van der Waals surface area contributed by atoms with Crippen LogP contribution in [0, 0.1) is 11.3 Å². The molecule has 3 rings (SSSR count). The van der Waals surface area contributed by atoms with Gasteiger partial charge in [0.15, 0.2) is 0 Å². The Hall–Kier alpha value is -2.01. The maximum atomic E-state index is 10.2. The Morgan fingerprint density at radius 1 is 1.00 bits per heavy atom. The molecule has 0 saturated heterocycles. The van der Waals surface area contributed by atoms with Crippen molar-refractivity contribution in [3.05, 3.63) is 41.0 Å². The maximum absolute atomic E-state index is 10.2. The minimum absolute atomic E-state index is 0.156. The second-order valence-corrected chi connectivity index (χ2v) is 4.55. The summed E-state index contributed by atoms with van der Waals surface area (Å²) in [4.78, 5) is 0. The number of aromatic hydroxyl groups is 1. The Bertz CT molecular complexity index is 637. The van der Waals surface area contributed by atoms with Gasteiger partial charge in [-0.1, -0.05) is 24.3 Å². The second kappa shape index (κ2) is 3.78. The van der Waals surface area contributed by atoms with Gasteiger partial charge in [-0.2, -0.15) is 5.26 Å². The molecule has 0 heterocycles. The van der Waals surface area contributed by atoms with Gasteiger partial charge in [0.25, 0.3) is 0 Å². The fraction of sp³-hybridized carbons (Fsp3) is 0.267. The highest BCUT2D eigenvalue weighted by Crippen LogP contribution is 2.38. The van der Waals surface area contributed by atoms with E-state index in [0.717, 1.165) is 35.6 Å². The summed E-state index contributed by atoms with van der Waals surface area (Å²) < 4.78 is 0. The topological polar surface area (TPSA) is 44.0 Å². The predicted molar refractivity (Wildman–Crippen MR) is 67.0 cm³/mol. The number of fused-ring (bicyclic) bond motifs is 3. The van der Waals surface area contributed by atoms with Crippen molar-refractivity contribution in [2.24, 2.45) is 0 Å². The zero-order chi connectivity index (χ0) is 11.8. The van der Waals surface area contributed by atoms with E-state index in [0.29, 0.717) is 5.56 Å². The van der Waals surface area contributed by atoms with E-state index in [-0.39, 0.29) is 5.75 Å². The van der Waals surface area contributed by atoms with Gasteiger partial charge < -0.3 is 5.11 Å². The van der Waals surface area contributed by atoms with Crippen molar-refractivity contribution in [2.45, 2.75) is 25.7 Å². The molecule has 0 aromatic heterocycles. The van der Waals surface area contributed by atoms with Crippen molar-refractivity contribution in [1.82, 2.24) is 0 Å². The van der Waals surface area contributed by atoms with Crippen LogP contribution in [0.1, 0.15) is 29.5 Å². The van der Waals surface area contributed by atoms with E-state index in [4.69, 9.17) is 0 Å². The highest BCUT2D eigenvalue weighted by molar-refractivity contribution is 5.94. The van der Waals surface area contributed by atoms with Crippen LogP contribution >= 0.6 is 0 Å². The van der Waals surface area contributed by atoms with Crippen molar-refractivity contribution in [3.8, 4) is 11.8 Å². The molecular formula is C15H13NO. The quantitative estimate of drug-likeness (QED) is 0.744. The van der Waals surface area contributed by atoms with Crippen molar-refractivity contribution in [2.75, 3.05) is 0 Å². The van der Waals surface area contributed by atoms with E-state index < -0.39 is 0 Å². The number of phenolic OH excluding ortho intramolecular Hbond substituents is 1. The van der Waals surface area contributed by atoms with Crippen LogP contribution in [-0.2, 0) is 12.8 Å². The normalized spacial score (nSPS) is 14.3. The highest BCUT2D eigenvalue weighted by atomic mass is 16.3. The third kappa shape index (κ3) is 1.39. The van der Waals surface area contributed by atoms with Gasteiger partial charge in [0.1, 0.15) is 11.8 Å². The number of benzene rings is 2. The fourth-order valence-corrected chi connectivity index (χ4v) is 2.83. The molecule has 0 aliphatic heterocycles. The second-order valence-electron chi connectivity index (χ2n) is 4.55. The summed E-state index contributed by atoms with van der Waals surface area (Å²) in [5.41, 5.74) is 2.81. The fourth-order valence-electron chi connectivity index (χ4n) is 2.83. The molecular weight excluding hydrogens is 210 g/mol. The first-order valence-electron chi connectivity index (χ1n) is 5.98. The van der Waals surface area contributed by atoms with E-state index in [1.54, 1.807) is 0 Å². The Kier molecular flexibility index (Phi) is 2.26. The average Bonchev–Trinajstić information content (AvgIpc) is 2.40. The van der Waals surface area contributed by atoms with E-state index in [1.807, 2.05) is 24.3 Å². The standard InChI is InChI=1S/C15H13NO/c16-9-14-12-7-2-1-5-10(12)11-6-3-4-8-13(11)15(14)17/h3-4,6,8,17H,1-2,5,7H2. The number of hydrogen-bond acceptors (Lipinski definition) is 2. The van der Waals surface area contributed by atoms with E-state index in [1.165, 1.54) is 12.0 Å². The molecule has 1 aliphatic rings. The molecule has 84 valence electrons. The van der Waals surface area contributed by atoms with E-state index in [2.05, 4.69) is 6.07 Å². The molecule has 0 saturated carbocycles. The number of aryl methyl sites for hydroxylation is 1.